The molecule has 2 heteroatoms. The zero-order valence-corrected chi connectivity index (χ0v) is 38.3. The van der Waals surface area contributed by atoms with Crippen LogP contribution in [0.3, 0.4) is 0 Å². The highest BCUT2D eigenvalue weighted by Gasteiger charge is 2.16. The number of hydrogen-bond acceptors (Lipinski definition) is 2. The smallest absolute Gasteiger partial charge is 0.160 e. The minimum atomic E-state index is 0.705. The van der Waals surface area contributed by atoms with Crippen molar-refractivity contribution in [2.75, 3.05) is 0 Å². The van der Waals surface area contributed by atoms with E-state index in [4.69, 9.17) is 9.97 Å². The SMILES string of the molecule is c1cc(-c2ccc(-c3ccc(-c4nc(-c5ccc(-c6ccc(-c7cccc(-c8cccc9ccccc89)c7)cc6)cc5)c5ccc6ccccc6c5n4)cc3)cc2)cc(-c2cccc3ccccc23)c1. The molecule has 0 aliphatic heterocycles. The first-order valence-corrected chi connectivity index (χ1v) is 24.0. The fourth-order valence-electron chi connectivity index (χ4n) is 10.2. The van der Waals surface area contributed by atoms with Crippen molar-refractivity contribution in [2.24, 2.45) is 0 Å². The van der Waals surface area contributed by atoms with E-state index in [-0.39, 0.29) is 0 Å². The molecule has 0 fully saturated rings. The van der Waals surface area contributed by atoms with Crippen molar-refractivity contribution in [2.45, 2.75) is 0 Å². The highest BCUT2D eigenvalue weighted by Crippen LogP contribution is 2.38. The summed E-state index contributed by atoms with van der Waals surface area (Å²) in [6.07, 6.45) is 0. The van der Waals surface area contributed by atoms with Gasteiger partial charge in [0.25, 0.3) is 0 Å². The molecule has 0 spiro atoms. The Kier molecular flexibility index (Phi) is 10.2. The molecule has 12 aromatic carbocycles. The van der Waals surface area contributed by atoms with Gasteiger partial charge >= 0.3 is 0 Å². The molecule has 1 heterocycles. The second kappa shape index (κ2) is 17.4. The van der Waals surface area contributed by atoms with Gasteiger partial charge in [0, 0.05) is 21.9 Å². The molecule has 0 amide bonds. The van der Waals surface area contributed by atoms with Crippen LogP contribution < -0.4 is 0 Å². The lowest BCUT2D eigenvalue weighted by Crippen LogP contribution is -1.96. The van der Waals surface area contributed by atoms with Crippen molar-refractivity contribution < 1.29 is 0 Å². The fourth-order valence-corrected chi connectivity index (χ4v) is 10.2. The van der Waals surface area contributed by atoms with Crippen LogP contribution in [0.5, 0.6) is 0 Å². The Hall–Kier alpha value is -9.24. The molecule has 70 heavy (non-hydrogen) atoms. The van der Waals surface area contributed by atoms with E-state index in [2.05, 4.69) is 267 Å². The topological polar surface area (TPSA) is 25.8 Å². The second-order valence-corrected chi connectivity index (χ2v) is 18.1. The number of aromatic nitrogens is 2. The summed E-state index contributed by atoms with van der Waals surface area (Å²) >= 11 is 0. The van der Waals surface area contributed by atoms with E-state index in [1.54, 1.807) is 0 Å². The lowest BCUT2D eigenvalue weighted by molar-refractivity contribution is 1.23. The van der Waals surface area contributed by atoms with Crippen LogP contribution in [0, 0.1) is 0 Å². The molecule has 0 unspecified atom stereocenters. The molecule has 0 saturated carbocycles. The van der Waals surface area contributed by atoms with Crippen molar-refractivity contribution in [1.82, 2.24) is 9.97 Å². The average Bonchev–Trinajstić information content (AvgIpc) is 3.45. The summed E-state index contributed by atoms with van der Waals surface area (Å²) in [5.74, 6) is 0.705. The van der Waals surface area contributed by atoms with E-state index in [9.17, 15) is 0 Å². The van der Waals surface area contributed by atoms with Gasteiger partial charge in [0.05, 0.1) is 11.2 Å². The van der Waals surface area contributed by atoms with E-state index >= 15 is 0 Å². The van der Waals surface area contributed by atoms with Crippen LogP contribution >= 0.6 is 0 Å². The van der Waals surface area contributed by atoms with Gasteiger partial charge in [-0.3, -0.25) is 0 Å². The van der Waals surface area contributed by atoms with Crippen molar-refractivity contribution in [3.8, 4) is 89.4 Å². The fraction of sp³-hybridized carbons (Fsp3) is 0. The largest absolute Gasteiger partial charge is 0.227 e. The van der Waals surface area contributed by atoms with Gasteiger partial charge in [0.1, 0.15) is 0 Å². The molecule has 0 radical (unpaired) electrons. The lowest BCUT2D eigenvalue weighted by Gasteiger charge is -2.13. The summed E-state index contributed by atoms with van der Waals surface area (Å²) in [5, 5.41) is 8.34. The van der Waals surface area contributed by atoms with Crippen LogP contribution in [0.1, 0.15) is 0 Å². The average molecular weight is 889 g/mol. The minimum Gasteiger partial charge on any atom is -0.227 e. The predicted octanol–water partition coefficient (Wildman–Crippen LogP) is 18.4. The van der Waals surface area contributed by atoms with Crippen LogP contribution in [0.15, 0.2) is 267 Å². The van der Waals surface area contributed by atoms with Gasteiger partial charge in [0.15, 0.2) is 5.82 Å². The summed E-state index contributed by atoms with van der Waals surface area (Å²) in [6.45, 7) is 0. The third-order valence-corrected chi connectivity index (χ3v) is 13.9. The van der Waals surface area contributed by atoms with E-state index in [0.717, 1.165) is 55.2 Å². The van der Waals surface area contributed by atoms with Crippen molar-refractivity contribution in [3.05, 3.63) is 267 Å². The number of hydrogen-bond donors (Lipinski definition) is 0. The molecule has 1 aromatic heterocycles. The summed E-state index contributed by atoms with van der Waals surface area (Å²) < 4.78 is 0. The number of nitrogens with zero attached hydrogens (tertiary/aromatic N) is 2. The molecule has 2 nitrogen and oxygen atoms in total. The molecular weight excluding hydrogens is 845 g/mol. The monoisotopic (exact) mass is 888 g/mol. The van der Waals surface area contributed by atoms with Crippen LogP contribution in [0.4, 0.5) is 0 Å². The van der Waals surface area contributed by atoms with Gasteiger partial charge in [-0.25, -0.2) is 9.97 Å². The van der Waals surface area contributed by atoms with Gasteiger partial charge in [-0.1, -0.05) is 249 Å². The van der Waals surface area contributed by atoms with Crippen LogP contribution in [-0.4, -0.2) is 9.97 Å². The van der Waals surface area contributed by atoms with Crippen LogP contribution in [0.25, 0.3) is 133 Å². The molecule has 0 atom stereocenters. The molecule has 0 bridgehead atoms. The second-order valence-electron chi connectivity index (χ2n) is 18.1. The third-order valence-electron chi connectivity index (χ3n) is 13.9. The first-order chi connectivity index (χ1) is 34.7. The molecule has 0 aliphatic carbocycles. The summed E-state index contributed by atoms with van der Waals surface area (Å²) in [6, 6.07) is 96.1. The maximum absolute atomic E-state index is 5.32. The number of benzene rings is 12. The van der Waals surface area contributed by atoms with Gasteiger partial charge in [0.2, 0.25) is 0 Å². The highest BCUT2D eigenvalue weighted by atomic mass is 14.9. The van der Waals surface area contributed by atoms with E-state index < -0.39 is 0 Å². The van der Waals surface area contributed by atoms with Gasteiger partial charge in [-0.15, -0.1) is 0 Å². The number of rotatable bonds is 8. The first-order valence-electron chi connectivity index (χ1n) is 24.0. The Balaban J connectivity index is 0.782. The van der Waals surface area contributed by atoms with Crippen molar-refractivity contribution in [1.29, 1.82) is 0 Å². The predicted molar refractivity (Wildman–Crippen MR) is 296 cm³/mol. The first kappa shape index (κ1) is 41.0. The Morgan fingerprint density at radius 1 is 0.200 bits per heavy atom. The maximum atomic E-state index is 5.32. The van der Waals surface area contributed by atoms with Crippen LogP contribution in [0.2, 0.25) is 0 Å². The Bertz CT molecular complexity index is 4070. The van der Waals surface area contributed by atoms with Crippen molar-refractivity contribution >= 4 is 43.2 Å². The zero-order valence-electron chi connectivity index (χ0n) is 38.3. The third kappa shape index (κ3) is 7.59. The van der Waals surface area contributed by atoms with E-state index in [1.807, 2.05) is 0 Å². The minimum absolute atomic E-state index is 0.705. The Morgan fingerprint density at radius 2 is 0.557 bits per heavy atom. The summed E-state index contributed by atoms with van der Waals surface area (Å²) in [7, 11) is 0. The summed E-state index contributed by atoms with van der Waals surface area (Å²) in [5.41, 5.74) is 18.2. The maximum Gasteiger partial charge on any atom is 0.160 e. The zero-order chi connectivity index (χ0) is 46.4. The Labute approximate surface area is 407 Å². The molecule has 0 aliphatic rings. The van der Waals surface area contributed by atoms with Gasteiger partial charge in [-0.2, -0.15) is 0 Å². The summed E-state index contributed by atoms with van der Waals surface area (Å²) in [4.78, 5) is 10.6. The molecule has 13 aromatic rings. The van der Waals surface area contributed by atoms with Crippen molar-refractivity contribution in [3.63, 3.8) is 0 Å². The van der Waals surface area contributed by atoms with Gasteiger partial charge in [-0.05, 0) is 112 Å². The van der Waals surface area contributed by atoms with Crippen LogP contribution in [-0.2, 0) is 0 Å². The highest BCUT2D eigenvalue weighted by molar-refractivity contribution is 6.10. The Morgan fingerprint density at radius 3 is 1.04 bits per heavy atom. The standard InChI is InChI=1S/C68H44N2/c1-4-20-60-51(11-1)14-9-23-62(60)58-18-7-16-56(43-58)49-29-25-45(26-30-49)47-33-37-54(38-34-47)66-65-42-41-53-13-3-6-22-64(53)67(65)70-68(69-66)55-39-35-48(36-40-55)46-27-31-50(32-28-46)57-17-8-19-59(44-57)63-24-10-15-52-12-2-5-21-61(52)63/h1-44H. The molecule has 326 valence electrons. The van der Waals surface area contributed by atoms with Gasteiger partial charge < -0.3 is 0 Å². The molecular formula is C68H44N2. The lowest BCUT2D eigenvalue weighted by atomic mass is 9.94. The molecule has 0 N–H and O–H groups in total. The molecule has 13 rings (SSSR count). The number of fused-ring (bicyclic) bond motifs is 5. The normalized spacial score (nSPS) is 11.4. The van der Waals surface area contributed by atoms with E-state index in [0.29, 0.717) is 5.82 Å². The quantitative estimate of drug-likeness (QED) is 0.142. The van der Waals surface area contributed by atoms with E-state index in [1.165, 1.54) is 71.6 Å². The molecule has 0 saturated heterocycles.